The highest BCUT2D eigenvalue weighted by molar-refractivity contribution is 7.99. The van der Waals surface area contributed by atoms with Crippen molar-refractivity contribution < 1.29 is 9.18 Å². The lowest BCUT2D eigenvalue weighted by Gasteiger charge is -2.07. The summed E-state index contributed by atoms with van der Waals surface area (Å²) < 4.78 is 14.8. The van der Waals surface area contributed by atoms with E-state index in [1.54, 1.807) is 12.4 Å². The Balaban J connectivity index is 1.66. The first-order valence-electron chi connectivity index (χ1n) is 7.69. The second-order valence-corrected chi connectivity index (χ2v) is 6.08. The van der Waals surface area contributed by atoms with Crippen molar-refractivity contribution in [3.8, 4) is 11.4 Å². The molecule has 3 rings (SSSR count). The van der Waals surface area contributed by atoms with Gasteiger partial charge in [0.25, 0.3) is 0 Å². The Labute approximate surface area is 148 Å². The molecule has 0 bridgehead atoms. The van der Waals surface area contributed by atoms with E-state index in [4.69, 9.17) is 0 Å². The van der Waals surface area contributed by atoms with Gasteiger partial charge >= 0.3 is 0 Å². The fourth-order valence-electron chi connectivity index (χ4n) is 2.25. The number of nitrogens with one attached hydrogen (secondary N) is 1. The van der Waals surface area contributed by atoms with Crippen LogP contribution in [-0.2, 0) is 11.3 Å². The van der Waals surface area contributed by atoms with Gasteiger partial charge in [-0.05, 0) is 43.3 Å². The molecule has 0 atom stereocenters. The number of rotatable bonds is 6. The lowest BCUT2D eigenvalue weighted by molar-refractivity contribution is -0.113. The zero-order valence-corrected chi connectivity index (χ0v) is 14.3. The number of carbonyl (C=O) groups excluding carboxylic acids is 1. The van der Waals surface area contributed by atoms with E-state index in [2.05, 4.69) is 20.5 Å². The smallest absolute Gasteiger partial charge is 0.234 e. The van der Waals surface area contributed by atoms with Gasteiger partial charge in [-0.25, -0.2) is 4.39 Å². The quantitative estimate of drug-likeness (QED) is 0.686. The van der Waals surface area contributed by atoms with Crippen LogP contribution in [0.25, 0.3) is 11.4 Å². The molecule has 0 aliphatic rings. The van der Waals surface area contributed by atoms with Crippen molar-refractivity contribution >= 4 is 23.4 Å². The first kappa shape index (κ1) is 17.1. The summed E-state index contributed by atoms with van der Waals surface area (Å²) in [7, 11) is 0. The predicted octanol–water partition coefficient (Wildman–Crippen LogP) is 3.23. The van der Waals surface area contributed by atoms with Gasteiger partial charge in [0.2, 0.25) is 5.91 Å². The molecule has 0 fully saturated rings. The van der Waals surface area contributed by atoms with Gasteiger partial charge in [0.05, 0.1) is 5.75 Å². The van der Waals surface area contributed by atoms with Gasteiger partial charge < -0.3 is 9.88 Å². The number of halogens is 1. The Kier molecular flexibility index (Phi) is 5.39. The number of thioether (sulfide) groups is 1. The van der Waals surface area contributed by atoms with Gasteiger partial charge in [0, 0.05) is 30.2 Å². The highest BCUT2D eigenvalue weighted by Crippen LogP contribution is 2.23. The molecule has 1 aromatic carbocycles. The van der Waals surface area contributed by atoms with Crippen molar-refractivity contribution in [2.45, 2.75) is 18.6 Å². The van der Waals surface area contributed by atoms with Gasteiger partial charge in [-0.2, -0.15) is 0 Å². The third-order valence-electron chi connectivity index (χ3n) is 3.41. The van der Waals surface area contributed by atoms with Crippen LogP contribution in [0.1, 0.15) is 6.92 Å². The maximum absolute atomic E-state index is 12.9. The normalized spacial score (nSPS) is 10.6. The molecule has 2 heterocycles. The highest BCUT2D eigenvalue weighted by atomic mass is 32.2. The molecule has 0 spiro atoms. The largest absolute Gasteiger partial charge is 0.325 e. The topological polar surface area (TPSA) is 72.7 Å². The van der Waals surface area contributed by atoms with Crippen LogP contribution in [0.3, 0.4) is 0 Å². The SMILES string of the molecule is CCn1c(SCC(=O)Nc2ccc(F)cc2)nnc1-c1cccnc1. The molecule has 1 amide bonds. The molecule has 0 aliphatic heterocycles. The van der Waals surface area contributed by atoms with Crippen LogP contribution in [0.5, 0.6) is 0 Å². The standard InChI is InChI=1S/C17H16FN5OS/c1-2-23-16(12-4-3-9-19-10-12)21-22-17(23)25-11-15(24)20-14-7-5-13(18)6-8-14/h3-10H,2,11H2,1H3,(H,20,24). The van der Waals surface area contributed by atoms with E-state index >= 15 is 0 Å². The molecule has 128 valence electrons. The summed E-state index contributed by atoms with van der Waals surface area (Å²) in [6.45, 7) is 2.67. The molecule has 1 N–H and O–H groups in total. The molecule has 0 aliphatic carbocycles. The van der Waals surface area contributed by atoms with E-state index in [1.165, 1.54) is 36.0 Å². The van der Waals surface area contributed by atoms with Crippen LogP contribution in [0, 0.1) is 5.82 Å². The number of amides is 1. The van der Waals surface area contributed by atoms with E-state index in [-0.39, 0.29) is 17.5 Å². The average Bonchev–Trinajstić information content (AvgIpc) is 3.05. The molecular weight excluding hydrogens is 341 g/mol. The zero-order valence-electron chi connectivity index (χ0n) is 13.5. The fourth-order valence-corrected chi connectivity index (χ4v) is 3.05. The maximum Gasteiger partial charge on any atom is 0.234 e. The van der Waals surface area contributed by atoms with Crippen LogP contribution in [0.4, 0.5) is 10.1 Å². The second kappa shape index (κ2) is 7.89. The van der Waals surface area contributed by atoms with Gasteiger partial charge in [-0.1, -0.05) is 11.8 Å². The van der Waals surface area contributed by atoms with E-state index in [1.807, 2.05) is 23.6 Å². The number of benzene rings is 1. The summed E-state index contributed by atoms with van der Waals surface area (Å²) in [6.07, 6.45) is 3.43. The van der Waals surface area contributed by atoms with E-state index < -0.39 is 0 Å². The Hall–Kier alpha value is -2.74. The molecule has 0 saturated carbocycles. The molecule has 0 saturated heterocycles. The van der Waals surface area contributed by atoms with E-state index in [0.717, 1.165) is 11.4 Å². The van der Waals surface area contributed by atoms with Crippen molar-refractivity contribution in [2.75, 3.05) is 11.1 Å². The number of aromatic nitrogens is 4. The minimum atomic E-state index is -0.341. The Morgan fingerprint density at radius 2 is 2.04 bits per heavy atom. The third kappa shape index (κ3) is 4.21. The minimum Gasteiger partial charge on any atom is -0.325 e. The maximum atomic E-state index is 12.9. The Bertz CT molecular complexity index is 851. The first-order chi connectivity index (χ1) is 12.2. The number of carbonyl (C=O) groups is 1. The summed E-state index contributed by atoms with van der Waals surface area (Å²) in [5, 5.41) is 11.8. The highest BCUT2D eigenvalue weighted by Gasteiger charge is 2.14. The molecule has 25 heavy (non-hydrogen) atoms. The molecule has 3 aromatic rings. The van der Waals surface area contributed by atoms with Crippen molar-refractivity contribution in [3.05, 3.63) is 54.6 Å². The Morgan fingerprint density at radius 1 is 1.24 bits per heavy atom. The van der Waals surface area contributed by atoms with Crippen molar-refractivity contribution in [1.82, 2.24) is 19.7 Å². The molecule has 8 heteroatoms. The van der Waals surface area contributed by atoms with Gasteiger partial charge in [0.1, 0.15) is 5.82 Å². The molecule has 0 radical (unpaired) electrons. The van der Waals surface area contributed by atoms with Crippen molar-refractivity contribution in [2.24, 2.45) is 0 Å². The summed E-state index contributed by atoms with van der Waals surface area (Å²) in [5.74, 6) is 0.372. The minimum absolute atomic E-state index is 0.183. The lowest BCUT2D eigenvalue weighted by Crippen LogP contribution is -2.14. The second-order valence-electron chi connectivity index (χ2n) is 5.14. The molecule has 0 unspecified atom stereocenters. The van der Waals surface area contributed by atoms with Crippen LogP contribution in [-0.4, -0.2) is 31.4 Å². The average molecular weight is 357 g/mol. The van der Waals surface area contributed by atoms with E-state index in [9.17, 15) is 9.18 Å². The van der Waals surface area contributed by atoms with Crippen LogP contribution in [0.15, 0.2) is 53.9 Å². The first-order valence-corrected chi connectivity index (χ1v) is 8.67. The van der Waals surface area contributed by atoms with Gasteiger partial charge in [-0.3, -0.25) is 9.78 Å². The summed E-state index contributed by atoms with van der Waals surface area (Å²) in [4.78, 5) is 16.1. The zero-order chi connectivity index (χ0) is 17.6. The summed E-state index contributed by atoms with van der Waals surface area (Å²) in [6, 6.07) is 9.40. The van der Waals surface area contributed by atoms with Crippen LogP contribution < -0.4 is 5.32 Å². The van der Waals surface area contributed by atoms with Crippen molar-refractivity contribution in [3.63, 3.8) is 0 Å². The molecule has 2 aromatic heterocycles. The number of anilines is 1. The van der Waals surface area contributed by atoms with E-state index in [0.29, 0.717) is 17.4 Å². The molecular formula is C17H16FN5OS. The Morgan fingerprint density at radius 3 is 2.72 bits per heavy atom. The van der Waals surface area contributed by atoms with Crippen molar-refractivity contribution in [1.29, 1.82) is 0 Å². The van der Waals surface area contributed by atoms with Crippen LogP contribution >= 0.6 is 11.8 Å². The number of hydrogen-bond donors (Lipinski definition) is 1. The monoisotopic (exact) mass is 357 g/mol. The molecule has 6 nitrogen and oxygen atoms in total. The fraction of sp³-hybridized carbons (Fsp3) is 0.176. The number of hydrogen-bond acceptors (Lipinski definition) is 5. The number of pyridine rings is 1. The summed E-state index contributed by atoms with van der Waals surface area (Å²) >= 11 is 1.30. The lowest BCUT2D eigenvalue weighted by atomic mass is 10.3. The summed E-state index contributed by atoms with van der Waals surface area (Å²) in [5.41, 5.74) is 1.43. The van der Waals surface area contributed by atoms with Crippen LogP contribution in [0.2, 0.25) is 0 Å². The predicted molar refractivity (Wildman–Crippen MR) is 94.7 cm³/mol. The third-order valence-corrected chi connectivity index (χ3v) is 4.38. The number of nitrogens with zero attached hydrogens (tertiary/aromatic N) is 4. The van der Waals surface area contributed by atoms with Gasteiger partial charge in [-0.15, -0.1) is 10.2 Å². The van der Waals surface area contributed by atoms with Gasteiger partial charge in [0.15, 0.2) is 11.0 Å².